The molecule has 0 atom stereocenters. The van der Waals surface area contributed by atoms with Gasteiger partial charge in [-0.1, -0.05) is 0 Å². The molecule has 84 valence electrons. The molecule has 0 amide bonds. The maximum Gasteiger partial charge on any atom is 0.197 e. The first kappa shape index (κ1) is 11.4. The van der Waals surface area contributed by atoms with Crippen molar-refractivity contribution < 1.29 is 4.39 Å². The summed E-state index contributed by atoms with van der Waals surface area (Å²) in [5.74, 6) is -0.449. The molecule has 1 aromatic carbocycles. The van der Waals surface area contributed by atoms with Gasteiger partial charge in [-0.2, -0.15) is 5.26 Å². The Balaban J connectivity index is 2.68. The Morgan fingerprint density at radius 1 is 1.41 bits per heavy atom. The molecule has 2 aromatic rings. The molecule has 3 nitrogen and oxygen atoms in total. The molecule has 0 bridgehead atoms. The van der Waals surface area contributed by atoms with Crippen molar-refractivity contribution in [2.24, 2.45) is 0 Å². The van der Waals surface area contributed by atoms with Crippen LogP contribution in [0.25, 0.3) is 11.3 Å². The van der Waals surface area contributed by atoms with Crippen LogP contribution >= 0.6 is 12.2 Å². The number of rotatable bonds is 1. The van der Waals surface area contributed by atoms with Crippen molar-refractivity contribution in [3.8, 4) is 17.3 Å². The smallest absolute Gasteiger partial charge is 0.197 e. The van der Waals surface area contributed by atoms with E-state index in [1.165, 1.54) is 12.1 Å². The maximum absolute atomic E-state index is 13.3. The summed E-state index contributed by atoms with van der Waals surface area (Å²) in [4.78, 5) is 6.83. The Kier molecular flexibility index (Phi) is 2.98. The highest BCUT2D eigenvalue weighted by molar-refractivity contribution is 7.71. The highest BCUT2D eigenvalue weighted by Gasteiger charge is 2.06. The molecule has 0 aliphatic rings. The quantitative estimate of drug-likeness (QED) is 0.785. The number of halogens is 1. The number of H-pyrrole nitrogens is 1. The van der Waals surface area contributed by atoms with E-state index in [0.29, 0.717) is 16.0 Å². The Hall–Kier alpha value is -2.06. The Labute approximate surface area is 103 Å². The van der Waals surface area contributed by atoms with Crippen LogP contribution in [-0.4, -0.2) is 9.97 Å². The van der Waals surface area contributed by atoms with E-state index in [-0.39, 0.29) is 5.56 Å². The van der Waals surface area contributed by atoms with Gasteiger partial charge in [0, 0.05) is 11.8 Å². The van der Waals surface area contributed by atoms with Crippen LogP contribution in [0.1, 0.15) is 11.1 Å². The molecule has 1 aromatic heterocycles. The molecule has 1 heterocycles. The molecule has 0 radical (unpaired) electrons. The lowest BCUT2D eigenvalue weighted by Gasteiger charge is -2.06. The molecular formula is C12H8FN3S. The zero-order chi connectivity index (χ0) is 12.4. The van der Waals surface area contributed by atoms with Crippen molar-refractivity contribution in [3.05, 3.63) is 46.1 Å². The van der Waals surface area contributed by atoms with Gasteiger partial charge in [0.2, 0.25) is 0 Å². The third-order valence-corrected chi connectivity index (χ3v) is 2.52. The first-order chi connectivity index (χ1) is 8.10. The average molecular weight is 245 g/mol. The number of benzene rings is 1. The predicted octanol–water partition coefficient (Wildman–Crippen LogP) is 3.13. The van der Waals surface area contributed by atoms with E-state index in [2.05, 4.69) is 9.97 Å². The van der Waals surface area contributed by atoms with Gasteiger partial charge in [0.05, 0.1) is 17.3 Å². The van der Waals surface area contributed by atoms with Crippen LogP contribution in [0.5, 0.6) is 0 Å². The van der Waals surface area contributed by atoms with Crippen molar-refractivity contribution >= 4 is 12.2 Å². The van der Waals surface area contributed by atoms with Gasteiger partial charge in [-0.25, -0.2) is 9.37 Å². The fourth-order valence-corrected chi connectivity index (χ4v) is 1.71. The van der Waals surface area contributed by atoms with E-state index in [1.54, 1.807) is 12.3 Å². The van der Waals surface area contributed by atoms with Gasteiger partial charge in [-0.15, -0.1) is 0 Å². The summed E-state index contributed by atoms with van der Waals surface area (Å²) in [5.41, 5.74) is 2.39. The fraction of sp³-hybridized carbons (Fsp3) is 0.0833. The zero-order valence-corrected chi connectivity index (χ0v) is 9.81. The number of nitrogens with one attached hydrogen (secondary N) is 1. The molecule has 0 aliphatic heterocycles. The standard InChI is InChI=1S/C12H8FN3S/c1-7-6-15-12(17)16-11(7)9-2-8(5-14)3-10(13)4-9/h2-4,6H,1H3,(H,15,16,17). The van der Waals surface area contributed by atoms with Crippen LogP contribution in [-0.2, 0) is 0 Å². The van der Waals surface area contributed by atoms with Gasteiger partial charge < -0.3 is 4.98 Å². The highest BCUT2D eigenvalue weighted by Crippen LogP contribution is 2.22. The second kappa shape index (κ2) is 4.44. The normalized spacial score (nSPS) is 9.94. The van der Waals surface area contributed by atoms with Gasteiger partial charge in [0.25, 0.3) is 0 Å². The summed E-state index contributed by atoms with van der Waals surface area (Å²) in [6, 6.07) is 6.07. The van der Waals surface area contributed by atoms with Crippen LogP contribution in [0.4, 0.5) is 4.39 Å². The largest absolute Gasteiger partial charge is 0.330 e. The van der Waals surface area contributed by atoms with Gasteiger partial charge in [-0.05, 0) is 42.9 Å². The third-order valence-electron chi connectivity index (χ3n) is 2.32. The van der Waals surface area contributed by atoms with Crippen molar-refractivity contribution in [2.75, 3.05) is 0 Å². The lowest BCUT2D eigenvalue weighted by Crippen LogP contribution is -1.93. The first-order valence-electron chi connectivity index (χ1n) is 4.87. The van der Waals surface area contributed by atoms with Crippen LogP contribution in [0.15, 0.2) is 24.4 Å². The maximum atomic E-state index is 13.3. The van der Waals surface area contributed by atoms with Gasteiger partial charge in [-0.3, -0.25) is 0 Å². The molecule has 2 rings (SSSR count). The summed E-state index contributed by atoms with van der Waals surface area (Å²) in [6.07, 6.45) is 1.62. The Bertz CT molecular complexity index is 670. The first-order valence-corrected chi connectivity index (χ1v) is 5.28. The van der Waals surface area contributed by atoms with Gasteiger partial charge >= 0.3 is 0 Å². The number of hydrogen-bond acceptors (Lipinski definition) is 3. The lowest BCUT2D eigenvalue weighted by atomic mass is 10.1. The molecule has 0 saturated carbocycles. The highest BCUT2D eigenvalue weighted by atomic mass is 32.1. The minimum Gasteiger partial charge on any atom is -0.330 e. The molecule has 0 saturated heterocycles. The van der Waals surface area contributed by atoms with Gasteiger partial charge in [0.1, 0.15) is 5.82 Å². The molecule has 0 spiro atoms. The minimum absolute atomic E-state index is 0.274. The number of nitriles is 1. The second-order valence-electron chi connectivity index (χ2n) is 3.59. The molecular weight excluding hydrogens is 237 g/mol. The van der Waals surface area contributed by atoms with Crippen LogP contribution in [0, 0.1) is 28.8 Å². The van der Waals surface area contributed by atoms with Crippen molar-refractivity contribution in [3.63, 3.8) is 0 Å². The molecule has 0 fully saturated rings. The van der Waals surface area contributed by atoms with Gasteiger partial charge in [0.15, 0.2) is 4.77 Å². The SMILES string of the molecule is Cc1cnc(=S)[nH]c1-c1cc(F)cc(C#N)c1. The number of aromatic amines is 1. The van der Waals surface area contributed by atoms with E-state index in [1.807, 2.05) is 13.0 Å². The molecule has 1 N–H and O–H groups in total. The Morgan fingerprint density at radius 2 is 2.18 bits per heavy atom. The van der Waals surface area contributed by atoms with E-state index in [0.717, 1.165) is 5.56 Å². The van der Waals surface area contributed by atoms with Crippen LogP contribution in [0.3, 0.4) is 0 Å². The van der Waals surface area contributed by atoms with Crippen molar-refractivity contribution in [2.45, 2.75) is 6.92 Å². The number of aryl methyl sites for hydroxylation is 1. The monoisotopic (exact) mass is 245 g/mol. The average Bonchev–Trinajstić information content (AvgIpc) is 2.31. The summed E-state index contributed by atoms with van der Waals surface area (Å²) in [6.45, 7) is 1.84. The van der Waals surface area contributed by atoms with E-state index < -0.39 is 5.82 Å². The number of aromatic nitrogens is 2. The number of hydrogen-bond donors (Lipinski definition) is 1. The third kappa shape index (κ3) is 2.37. The molecule has 0 aliphatic carbocycles. The predicted molar refractivity (Wildman–Crippen MR) is 64.3 cm³/mol. The topological polar surface area (TPSA) is 52.5 Å². The van der Waals surface area contributed by atoms with E-state index >= 15 is 0 Å². The number of nitrogens with zero attached hydrogens (tertiary/aromatic N) is 2. The minimum atomic E-state index is -0.449. The summed E-state index contributed by atoms with van der Waals surface area (Å²) >= 11 is 4.93. The van der Waals surface area contributed by atoms with Crippen molar-refractivity contribution in [1.82, 2.24) is 9.97 Å². The second-order valence-corrected chi connectivity index (χ2v) is 3.97. The lowest BCUT2D eigenvalue weighted by molar-refractivity contribution is 0.628. The van der Waals surface area contributed by atoms with E-state index in [9.17, 15) is 4.39 Å². The van der Waals surface area contributed by atoms with Crippen LogP contribution < -0.4 is 0 Å². The van der Waals surface area contributed by atoms with Crippen molar-refractivity contribution in [1.29, 1.82) is 5.26 Å². The van der Waals surface area contributed by atoms with E-state index in [4.69, 9.17) is 17.5 Å². The summed E-state index contributed by atoms with van der Waals surface area (Å²) in [5, 5.41) is 8.80. The zero-order valence-electron chi connectivity index (χ0n) is 8.99. The molecule has 5 heteroatoms. The fourth-order valence-electron chi connectivity index (χ4n) is 1.56. The summed E-state index contributed by atoms with van der Waals surface area (Å²) < 4.78 is 13.7. The Morgan fingerprint density at radius 3 is 2.88 bits per heavy atom. The molecule has 17 heavy (non-hydrogen) atoms. The summed E-state index contributed by atoms with van der Waals surface area (Å²) in [7, 11) is 0. The molecule has 0 unspecified atom stereocenters. The van der Waals surface area contributed by atoms with Crippen LogP contribution in [0.2, 0.25) is 0 Å².